The van der Waals surface area contributed by atoms with Crippen LogP contribution in [0.4, 0.5) is 0 Å². The summed E-state index contributed by atoms with van der Waals surface area (Å²) >= 11 is 0. The summed E-state index contributed by atoms with van der Waals surface area (Å²) in [6, 6.07) is 9.76. The molecule has 2 aromatic carbocycles. The second-order valence-electron chi connectivity index (χ2n) is 20.6. The van der Waals surface area contributed by atoms with Gasteiger partial charge in [0.2, 0.25) is 11.4 Å². The van der Waals surface area contributed by atoms with Gasteiger partial charge < -0.3 is 19.4 Å². The van der Waals surface area contributed by atoms with E-state index in [9.17, 15) is 5.53 Å². The molecule has 0 N–H and O–H groups in total. The van der Waals surface area contributed by atoms with Crippen LogP contribution in [0, 0.1) is 13.8 Å². The van der Waals surface area contributed by atoms with Gasteiger partial charge in [-0.2, -0.15) is 12.8 Å². The van der Waals surface area contributed by atoms with Crippen LogP contribution >= 0.6 is 0 Å². The van der Waals surface area contributed by atoms with Crippen molar-refractivity contribution in [1.29, 1.82) is 0 Å². The standard InChI is InChI=1S/C45H68N2.2C11H23.Ni/c1-9-17-19-20-21-29-43-42(28-18-10-2)44(38-30-34(22-11-3)40(26-15-7)35(31-38)23-12-4)47(46)45(43)39-32-36(24-13-5)41(27-16-8)37(33-39)25-14-6;2*1-3-5-7-9-11-10-8-6-4-2;/h21,29-33H,9-20,22-28H2,1-8H3;2*1,3-11H2,2H3;/q;2*-1;+2. The average Bonchev–Trinajstić information content (AvgIpc) is 3.62. The molecule has 3 heteroatoms. The van der Waals surface area contributed by atoms with Crippen molar-refractivity contribution in [2.75, 3.05) is 0 Å². The third-order valence-corrected chi connectivity index (χ3v) is 14.0. The molecule has 0 radical (unpaired) electrons. The number of nitrogens with zero attached hydrogens (tertiary/aromatic N) is 2. The first-order valence-electron chi connectivity index (χ1n) is 30.3. The Bertz CT molecular complexity index is 1620. The number of aryl methyl sites for hydroxylation is 4. The zero-order valence-corrected chi connectivity index (χ0v) is 49.2. The smallest absolute Gasteiger partial charge is 0.493 e. The molecule has 0 aliphatic carbocycles. The second-order valence-corrected chi connectivity index (χ2v) is 20.6. The van der Waals surface area contributed by atoms with Gasteiger partial charge in [0, 0.05) is 16.7 Å². The van der Waals surface area contributed by atoms with Crippen molar-refractivity contribution in [3.63, 3.8) is 0 Å². The minimum Gasteiger partial charge on any atom is -0.493 e. The molecule has 0 saturated carbocycles. The quantitative estimate of drug-likeness (QED) is 0.0277. The van der Waals surface area contributed by atoms with E-state index in [2.05, 4.69) is 120 Å². The van der Waals surface area contributed by atoms with Gasteiger partial charge in [0.15, 0.2) is 0 Å². The van der Waals surface area contributed by atoms with Crippen LogP contribution in [0.25, 0.3) is 16.9 Å². The Balaban J connectivity index is 0.00000170. The molecule has 0 fully saturated rings. The molecular weight excluding hydrogens is 891 g/mol. The Labute approximate surface area is 448 Å². The van der Waals surface area contributed by atoms with Gasteiger partial charge in [-0.15, -0.1) is 0 Å². The Morgan fingerprint density at radius 1 is 0.386 bits per heavy atom. The van der Waals surface area contributed by atoms with Crippen LogP contribution in [0.3, 0.4) is 0 Å². The van der Waals surface area contributed by atoms with Gasteiger partial charge >= 0.3 is 16.5 Å². The van der Waals surface area contributed by atoms with E-state index in [0.717, 1.165) is 127 Å². The van der Waals surface area contributed by atoms with Crippen LogP contribution < -0.4 is 0 Å². The van der Waals surface area contributed by atoms with E-state index in [-0.39, 0.29) is 16.5 Å². The molecule has 1 aliphatic heterocycles. The van der Waals surface area contributed by atoms with Gasteiger partial charge in [-0.25, -0.2) is 4.70 Å². The van der Waals surface area contributed by atoms with E-state index in [1.807, 2.05) is 0 Å². The molecule has 0 spiro atoms. The fraction of sp³-hybridized carbons (Fsp3) is 0.701. The molecule has 2 nitrogen and oxygen atoms in total. The number of benzene rings is 2. The van der Waals surface area contributed by atoms with Crippen molar-refractivity contribution in [2.24, 2.45) is 0 Å². The molecule has 0 aromatic heterocycles. The van der Waals surface area contributed by atoms with Gasteiger partial charge in [0.25, 0.3) is 0 Å². The Kier molecular flexibility index (Phi) is 43.9. The minimum absolute atomic E-state index is 0. The first-order valence-corrected chi connectivity index (χ1v) is 30.3. The number of hydrogen-bond acceptors (Lipinski definition) is 0. The van der Waals surface area contributed by atoms with E-state index in [1.54, 1.807) is 15.8 Å². The summed E-state index contributed by atoms with van der Waals surface area (Å²) in [6.45, 7) is 30.6. The van der Waals surface area contributed by atoms with Crippen molar-refractivity contribution < 1.29 is 21.2 Å². The van der Waals surface area contributed by atoms with Gasteiger partial charge in [-0.05, 0) is 122 Å². The maximum absolute atomic E-state index is 12.5. The molecule has 0 saturated heterocycles. The van der Waals surface area contributed by atoms with E-state index in [1.165, 1.54) is 167 Å². The Hall–Kier alpha value is -2.25. The zero-order valence-electron chi connectivity index (χ0n) is 48.3. The fourth-order valence-corrected chi connectivity index (χ4v) is 10.3. The van der Waals surface area contributed by atoms with E-state index in [4.69, 9.17) is 0 Å². The van der Waals surface area contributed by atoms with Crippen LogP contribution in [0.5, 0.6) is 0 Å². The molecule has 1 heterocycles. The third kappa shape index (κ3) is 26.1. The molecule has 2 aromatic rings. The van der Waals surface area contributed by atoms with Crippen molar-refractivity contribution in [3.8, 4) is 0 Å². The predicted octanol–water partition coefficient (Wildman–Crippen LogP) is 22.6. The molecule has 0 unspecified atom stereocenters. The normalized spacial score (nSPS) is 12.4. The fourth-order valence-electron chi connectivity index (χ4n) is 10.3. The SMILES string of the molecule is CCCCCC=CC1=C(c2cc(CCC)c(CCC)c(CCC)c2)[N+](=[N-])C(c2cc(CCC)c(CCC)c(CCC)c2)=C1CCCC.[CH2-]CCCCCCCCCC.[CH2-]CCCCCCCCCC.[Ni+2]. The summed E-state index contributed by atoms with van der Waals surface area (Å²) < 4.78 is 1.62. The molecule has 0 amide bonds. The van der Waals surface area contributed by atoms with Crippen molar-refractivity contribution in [3.05, 3.63) is 111 Å². The van der Waals surface area contributed by atoms with Crippen LogP contribution in [0.15, 0.2) is 47.6 Å². The zero-order chi connectivity index (χ0) is 50.9. The third-order valence-electron chi connectivity index (χ3n) is 14.0. The summed E-state index contributed by atoms with van der Waals surface area (Å²) in [6.07, 6.45) is 51.0. The largest absolute Gasteiger partial charge is 2.00 e. The van der Waals surface area contributed by atoms with Crippen LogP contribution in [0.2, 0.25) is 0 Å². The number of allylic oxidation sites excluding steroid dienone is 4. The summed E-state index contributed by atoms with van der Waals surface area (Å²) in [5.74, 6) is 0. The number of rotatable bonds is 38. The van der Waals surface area contributed by atoms with Crippen LogP contribution in [0.1, 0.15) is 313 Å². The van der Waals surface area contributed by atoms with Crippen LogP contribution in [-0.4, -0.2) is 4.70 Å². The van der Waals surface area contributed by atoms with E-state index in [0.29, 0.717) is 0 Å². The van der Waals surface area contributed by atoms with E-state index < -0.39 is 0 Å². The number of hydrogen-bond donors (Lipinski definition) is 0. The molecule has 0 bridgehead atoms. The van der Waals surface area contributed by atoms with Gasteiger partial charge in [-0.1, -0.05) is 242 Å². The first-order chi connectivity index (χ1) is 33.8. The van der Waals surface area contributed by atoms with Gasteiger partial charge in [-0.3, -0.25) is 0 Å². The monoisotopic (exact) mass is 1000 g/mol. The second kappa shape index (κ2) is 45.4. The maximum Gasteiger partial charge on any atom is 2.00 e. The van der Waals surface area contributed by atoms with E-state index >= 15 is 0 Å². The molecule has 402 valence electrons. The Morgan fingerprint density at radius 3 is 1.06 bits per heavy atom. The first kappa shape index (κ1) is 67.8. The van der Waals surface area contributed by atoms with Crippen molar-refractivity contribution >= 4 is 11.4 Å². The summed E-state index contributed by atoms with van der Waals surface area (Å²) in [5.41, 5.74) is 28.5. The van der Waals surface area contributed by atoms with Crippen LogP contribution in [-0.2, 0) is 55.0 Å². The molecule has 70 heavy (non-hydrogen) atoms. The summed E-state index contributed by atoms with van der Waals surface area (Å²) in [4.78, 5) is 0. The minimum atomic E-state index is 0. The maximum atomic E-state index is 12.5. The predicted molar refractivity (Wildman–Crippen MR) is 312 cm³/mol. The van der Waals surface area contributed by atoms with Crippen molar-refractivity contribution in [1.82, 2.24) is 0 Å². The van der Waals surface area contributed by atoms with Gasteiger partial charge in [0.1, 0.15) is 0 Å². The summed E-state index contributed by atoms with van der Waals surface area (Å²) in [7, 11) is 0. The molecule has 1 aliphatic rings. The number of unbranched alkanes of at least 4 members (excludes halogenated alkanes) is 20. The summed E-state index contributed by atoms with van der Waals surface area (Å²) in [5, 5.41) is 0. The van der Waals surface area contributed by atoms with Gasteiger partial charge in [0.05, 0.1) is 5.57 Å². The Morgan fingerprint density at radius 2 is 0.714 bits per heavy atom. The molecule has 3 rings (SSSR count). The average molecular weight is 1010 g/mol. The molecular formula is C67H114N2Ni. The van der Waals surface area contributed by atoms with Crippen molar-refractivity contribution in [2.45, 2.75) is 307 Å². The topological polar surface area (TPSA) is 25.3 Å². The molecule has 0 atom stereocenters.